The molecule has 0 aliphatic carbocycles. The van der Waals surface area contributed by atoms with E-state index in [0.29, 0.717) is 24.7 Å². The number of nitrogens with one attached hydrogen (secondary N) is 1. The van der Waals surface area contributed by atoms with Crippen molar-refractivity contribution in [2.75, 3.05) is 31.5 Å². The molecule has 0 spiro atoms. The molecule has 6 nitrogen and oxygen atoms in total. The van der Waals surface area contributed by atoms with Crippen molar-refractivity contribution in [3.8, 4) is 0 Å². The van der Waals surface area contributed by atoms with Crippen LogP contribution < -0.4 is 5.32 Å². The van der Waals surface area contributed by atoms with Crippen LogP contribution in [0.5, 0.6) is 0 Å². The smallest absolute Gasteiger partial charge is 0.246 e. The van der Waals surface area contributed by atoms with Gasteiger partial charge in [0.05, 0.1) is 4.90 Å². The maximum absolute atomic E-state index is 13.2. The molecule has 7 heteroatoms. The Bertz CT molecular complexity index is 986. The van der Waals surface area contributed by atoms with Gasteiger partial charge in [-0.1, -0.05) is 37.3 Å². The molecule has 1 N–H and O–H groups in total. The highest BCUT2D eigenvalue weighted by Gasteiger charge is 2.31. The number of hydrogen-bond donors (Lipinski definition) is 1. The molecule has 2 aromatic rings. The molecule has 2 fully saturated rings. The molecule has 0 radical (unpaired) electrons. The Hall–Kier alpha value is -2.22. The molecule has 2 atom stereocenters. The Morgan fingerprint density at radius 2 is 1.65 bits per heavy atom. The summed E-state index contributed by atoms with van der Waals surface area (Å²) in [6.45, 7) is 5.02. The molecule has 2 aromatic carbocycles. The lowest BCUT2D eigenvalue weighted by Crippen LogP contribution is -2.39. The predicted molar refractivity (Wildman–Crippen MR) is 122 cm³/mol. The van der Waals surface area contributed by atoms with Crippen LogP contribution in [0.2, 0.25) is 0 Å². The number of amides is 1. The lowest BCUT2D eigenvalue weighted by Gasteiger charge is -2.30. The lowest BCUT2D eigenvalue weighted by atomic mass is 10.0. The molecule has 166 valence electrons. The van der Waals surface area contributed by atoms with Gasteiger partial charge in [-0.15, -0.1) is 0 Å². The summed E-state index contributed by atoms with van der Waals surface area (Å²) in [6, 6.07) is 16.0. The molecule has 2 aliphatic heterocycles. The SMILES string of the molecule is CC1CCCN(S(=O)(=O)c2ccc(NC(=O)C(c3ccccc3)N3CCCC3)cc2)C1. The number of benzene rings is 2. The zero-order valence-corrected chi connectivity index (χ0v) is 18.9. The second-order valence-electron chi connectivity index (χ2n) is 8.68. The summed E-state index contributed by atoms with van der Waals surface area (Å²) in [5.41, 5.74) is 1.58. The van der Waals surface area contributed by atoms with E-state index in [1.165, 1.54) is 0 Å². The van der Waals surface area contributed by atoms with Crippen LogP contribution in [0.15, 0.2) is 59.5 Å². The quantitative estimate of drug-likeness (QED) is 0.739. The van der Waals surface area contributed by atoms with Crippen molar-refractivity contribution in [1.29, 1.82) is 0 Å². The topological polar surface area (TPSA) is 69.7 Å². The third-order valence-corrected chi connectivity index (χ3v) is 8.13. The summed E-state index contributed by atoms with van der Waals surface area (Å²) in [5.74, 6) is 0.288. The van der Waals surface area contributed by atoms with Gasteiger partial charge in [-0.3, -0.25) is 9.69 Å². The van der Waals surface area contributed by atoms with E-state index in [9.17, 15) is 13.2 Å². The van der Waals surface area contributed by atoms with Crippen LogP contribution in [-0.4, -0.2) is 49.7 Å². The zero-order valence-electron chi connectivity index (χ0n) is 18.0. The first kappa shape index (κ1) is 22.0. The lowest BCUT2D eigenvalue weighted by molar-refractivity contribution is -0.121. The fourth-order valence-electron chi connectivity index (χ4n) is 4.60. The third-order valence-electron chi connectivity index (χ3n) is 6.25. The highest BCUT2D eigenvalue weighted by atomic mass is 32.2. The number of hydrogen-bond acceptors (Lipinski definition) is 4. The minimum atomic E-state index is -3.50. The molecule has 0 aromatic heterocycles. The second-order valence-corrected chi connectivity index (χ2v) is 10.6. The van der Waals surface area contributed by atoms with Crippen molar-refractivity contribution in [3.63, 3.8) is 0 Å². The number of anilines is 1. The summed E-state index contributed by atoms with van der Waals surface area (Å²) in [4.78, 5) is 15.7. The summed E-state index contributed by atoms with van der Waals surface area (Å²) in [7, 11) is -3.50. The minimum Gasteiger partial charge on any atom is -0.324 e. The Labute approximate surface area is 185 Å². The Morgan fingerprint density at radius 3 is 2.29 bits per heavy atom. The average Bonchev–Trinajstić information content (AvgIpc) is 3.29. The average molecular weight is 442 g/mol. The van der Waals surface area contributed by atoms with E-state index >= 15 is 0 Å². The molecular formula is C24H31N3O3S. The number of piperidine rings is 1. The zero-order chi connectivity index (χ0) is 21.8. The van der Waals surface area contributed by atoms with Gasteiger partial charge < -0.3 is 5.32 Å². The van der Waals surface area contributed by atoms with Gasteiger partial charge in [0.15, 0.2) is 0 Å². The fraction of sp³-hybridized carbons (Fsp3) is 0.458. The van der Waals surface area contributed by atoms with E-state index in [1.54, 1.807) is 28.6 Å². The van der Waals surface area contributed by atoms with E-state index in [4.69, 9.17) is 0 Å². The second kappa shape index (κ2) is 9.51. The van der Waals surface area contributed by atoms with Gasteiger partial charge in [-0.25, -0.2) is 8.42 Å². The van der Waals surface area contributed by atoms with Crippen molar-refractivity contribution < 1.29 is 13.2 Å². The first-order chi connectivity index (χ1) is 14.9. The normalized spacial score (nSPS) is 21.6. The maximum Gasteiger partial charge on any atom is 0.246 e. The molecule has 2 aliphatic rings. The number of likely N-dealkylation sites (tertiary alicyclic amines) is 1. The van der Waals surface area contributed by atoms with Crippen molar-refractivity contribution in [2.45, 2.75) is 43.5 Å². The number of nitrogens with zero attached hydrogens (tertiary/aromatic N) is 2. The van der Waals surface area contributed by atoms with Gasteiger partial charge >= 0.3 is 0 Å². The van der Waals surface area contributed by atoms with Crippen LogP contribution in [-0.2, 0) is 14.8 Å². The Morgan fingerprint density at radius 1 is 0.968 bits per heavy atom. The monoisotopic (exact) mass is 441 g/mol. The number of carbonyl (C=O) groups is 1. The van der Waals surface area contributed by atoms with E-state index in [0.717, 1.165) is 44.3 Å². The van der Waals surface area contributed by atoms with Crippen LogP contribution in [0.25, 0.3) is 0 Å². The van der Waals surface area contributed by atoms with Crippen LogP contribution in [0.3, 0.4) is 0 Å². The maximum atomic E-state index is 13.2. The molecule has 0 saturated carbocycles. The Kier molecular flexibility index (Phi) is 6.74. The summed E-state index contributed by atoms with van der Waals surface area (Å²) < 4.78 is 27.5. The standard InChI is InChI=1S/C24H31N3O3S/c1-19-8-7-17-27(18-19)31(29,30)22-13-11-21(12-14-22)25-24(28)23(26-15-5-6-16-26)20-9-3-2-4-10-20/h2-4,9-14,19,23H,5-8,15-18H2,1H3,(H,25,28). The van der Waals surface area contributed by atoms with Crippen molar-refractivity contribution in [1.82, 2.24) is 9.21 Å². The molecule has 2 saturated heterocycles. The van der Waals surface area contributed by atoms with Crippen molar-refractivity contribution >= 4 is 21.6 Å². The molecule has 2 unspecified atom stereocenters. The van der Waals surface area contributed by atoms with Gasteiger partial charge in [0, 0.05) is 18.8 Å². The van der Waals surface area contributed by atoms with Gasteiger partial charge in [0.25, 0.3) is 0 Å². The summed E-state index contributed by atoms with van der Waals surface area (Å²) >= 11 is 0. The van der Waals surface area contributed by atoms with Crippen LogP contribution in [0.4, 0.5) is 5.69 Å². The predicted octanol–water partition coefficient (Wildman–Crippen LogP) is 3.88. The van der Waals surface area contributed by atoms with Crippen LogP contribution in [0, 0.1) is 5.92 Å². The number of rotatable bonds is 6. The molecule has 1 amide bonds. The van der Waals surface area contributed by atoms with E-state index in [1.807, 2.05) is 30.3 Å². The summed E-state index contributed by atoms with van der Waals surface area (Å²) in [6.07, 6.45) is 4.15. The first-order valence-electron chi connectivity index (χ1n) is 11.2. The van der Waals surface area contributed by atoms with Gasteiger partial charge in [0.1, 0.15) is 6.04 Å². The van der Waals surface area contributed by atoms with Gasteiger partial charge in [-0.2, -0.15) is 4.31 Å². The van der Waals surface area contributed by atoms with Gasteiger partial charge in [0.2, 0.25) is 15.9 Å². The van der Waals surface area contributed by atoms with E-state index < -0.39 is 10.0 Å². The Balaban J connectivity index is 1.49. The molecule has 0 bridgehead atoms. The third kappa shape index (κ3) is 5.00. The highest BCUT2D eigenvalue weighted by Crippen LogP contribution is 2.28. The fourth-order valence-corrected chi connectivity index (χ4v) is 6.20. The minimum absolute atomic E-state index is 0.0893. The highest BCUT2D eigenvalue weighted by molar-refractivity contribution is 7.89. The summed E-state index contributed by atoms with van der Waals surface area (Å²) in [5, 5.41) is 2.99. The number of carbonyl (C=O) groups excluding carboxylic acids is 1. The number of sulfonamides is 1. The molecule has 2 heterocycles. The van der Waals surface area contributed by atoms with Crippen LogP contribution >= 0.6 is 0 Å². The first-order valence-corrected chi connectivity index (χ1v) is 12.6. The molecule has 31 heavy (non-hydrogen) atoms. The molecular weight excluding hydrogens is 410 g/mol. The van der Waals surface area contributed by atoms with Crippen molar-refractivity contribution in [2.24, 2.45) is 5.92 Å². The molecule has 4 rings (SSSR count). The van der Waals surface area contributed by atoms with Crippen molar-refractivity contribution in [3.05, 3.63) is 60.2 Å². The van der Waals surface area contributed by atoms with E-state index in [-0.39, 0.29) is 16.8 Å². The van der Waals surface area contributed by atoms with E-state index in [2.05, 4.69) is 17.1 Å². The largest absolute Gasteiger partial charge is 0.324 e. The van der Waals surface area contributed by atoms with Crippen LogP contribution in [0.1, 0.15) is 44.2 Å². The van der Waals surface area contributed by atoms with Gasteiger partial charge in [-0.05, 0) is 74.5 Å².